The van der Waals surface area contributed by atoms with Gasteiger partial charge in [-0.3, -0.25) is 4.79 Å². The molecule has 18 nitrogen and oxygen atoms in total. The molecule has 0 aromatic heterocycles. The molecule has 7 unspecified atom stereocenters. The first-order valence-electron chi connectivity index (χ1n) is 17.8. The predicted molar refractivity (Wildman–Crippen MR) is 177 cm³/mol. The van der Waals surface area contributed by atoms with Gasteiger partial charge in [0, 0.05) is 45.3 Å². The van der Waals surface area contributed by atoms with E-state index in [9.17, 15) is 19.2 Å². The van der Waals surface area contributed by atoms with Crippen molar-refractivity contribution in [3.8, 4) is 0 Å². The summed E-state index contributed by atoms with van der Waals surface area (Å²) in [5.41, 5.74) is -2.86. The number of hydrogen-bond acceptors (Lipinski definition) is 18. The van der Waals surface area contributed by atoms with E-state index in [0.29, 0.717) is 26.2 Å². The Labute approximate surface area is 309 Å². The van der Waals surface area contributed by atoms with Gasteiger partial charge in [-0.05, 0) is 41.5 Å². The van der Waals surface area contributed by atoms with Gasteiger partial charge in [-0.2, -0.15) is 0 Å². The van der Waals surface area contributed by atoms with Gasteiger partial charge in [-0.1, -0.05) is 13.8 Å². The number of methoxy groups -OCH3 is 1. The highest BCUT2D eigenvalue weighted by Crippen LogP contribution is 2.48. The van der Waals surface area contributed by atoms with Crippen molar-refractivity contribution in [3.05, 3.63) is 0 Å². The zero-order chi connectivity index (χ0) is 39.2. The van der Waals surface area contributed by atoms with Crippen molar-refractivity contribution >= 4 is 24.2 Å². The van der Waals surface area contributed by atoms with Gasteiger partial charge in [0.1, 0.15) is 43.2 Å². The zero-order valence-electron chi connectivity index (χ0n) is 32.4. The van der Waals surface area contributed by atoms with E-state index in [2.05, 4.69) is 9.47 Å². The summed E-state index contributed by atoms with van der Waals surface area (Å²) in [5, 5.41) is 0. The molecule has 0 saturated carbocycles. The molecule has 1 spiro atoms. The van der Waals surface area contributed by atoms with Crippen LogP contribution in [0, 0.1) is 11.8 Å². The number of carbonyl (C=O) groups excluding carboxylic acids is 4. The number of rotatable bonds is 10. The van der Waals surface area contributed by atoms with Crippen molar-refractivity contribution in [1.29, 1.82) is 0 Å². The van der Waals surface area contributed by atoms with Gasteiger partial charge in [0.25, 0.3) is 0 Å². The lowest BCUT2D eigenvalue weighted by molar-refractivity contribution is -0.255. The quantitative estimate of drug-likeness (QED) is 0.178. The first-order chi connectivity index (χ1) is 24.7. The molecule has 0 bridgehead atoms. The molecule has 6 rings (SSSR count). The first-order valence-corrected chi connectivity index (χ1v) is 17.8. The number of carbonyl (C=O) groups is 4. The maximum Gasteiger partial charge on any atom is 0.508 e. The minimum Gasteiger partial charge on any atom is -0.463 e. The lowest BCUT2D eigenvalue weighted by Gasteiger charge is -2.36. The maximum absolute atomic E-state index is 12.4. The highest BCUT2D eigenvalue weighted by Gasteiger charge is 2.63. The van der Waals surface area contributed by atoms with E-state index in [1.807, 2.05) is 41.5 Å². The molecule has 53 heavy (non-hydrogen) atoms. The van der Waals surface area contributed by atoms with Crippen LogP contribution in [-0.2, 0) is 75.9 Å². The van der Waals surface area contributed by atoms with Crippen LogP contribution in [0.2, 0.25) is 0 Å². The van der Waals surface area contributed by atoms with Crippen LogP contribution in [-0.4, -0.2) is 137 Å². The van der Waals surface area contributed by atoms with Gasteiger partial charge in [-0.25, -0.2) is 14.4 Å². The van der Waals surface area contributed by atoms with E-state index in [4.69, 9.17) is 56.8 Å². The van der Waals surface area contributed by atoms with Gasteiger partial charge in [0.2, 0.25) is 0 Å². The number of ether oxygens (including phenoxy) is 14. The molecule has 0 aliphatic carbocycles. The van der Waals surface area contributed by atoms with Crippen molar-refractivity contribution in [3.63, 3.8) is 0 Å². The molecular weight excluding hydrogens is 708 g/mol. The van der Waals surface area contributed by atoms with Crippen molar-refractivity contribution in [2.45, 2.75) is 128 Å². The summed E-state index contributed by atoms with van der Waals surface area (Å²) in [5.74, 6) is -2.47. The van der Waals surface area contributed by atoms with E-state index in [1.165, 1.54) is 6.92 Å². The Morgan fingerprint density at radius 1 is 0.736 bits per heavy atom. The molecule has 7 atom stereocenters. The maximum atomic E-state index is 12.4. The second-order valence-electron chi connectivity index (χ2n) is 15.1. The Hall–Kier alpha value is -2.84. The largest absolute Gasteiger partial charge is 0.508 e. The SMILES string of the molecule is CC1C2OC(C)(C)OC2OC12COC(=O)OC2.COCCCOC(=O)C(C)(C)OCC1(COC(C)=O)OC2OC(C)(C)OC2C1C.O=C1OCCCO1. The Balaban J connectivity index is 0.000000216. The number of esters is 2. The van der Waals surface area contributed by atoms with Gasteiger partial charge in [0.15, 0.2) is 29.8 Å². The summed E-state index contributed by atoms with van der Waals surface area (Å²) in [4.78, 5) is 44.7. The van der Waals surface area contributed by atoms with Crippen LogP contribution in [0.3, 0.4) is 0 Å². The summed E-state index contributed by atoms with van der Waals surface area (Å²) < 4.78 is 75.3. The minimum absolute atomic E-state index is 0.00175. The van der Waals surface area contributed by atoms with Crippen LogP contribution in [0.25, 0.3) is 0 Å². The summed E-state index contributed by atoms with van der Waals surface area (Å²) in [7, 11) is 1.59. The Kier molecular flexibility index (Phi) is 14.0. The molecule has 6 saturated heterocycles. The van der Waals surface area contributed by atoms with Crippen LogP contribution in [0.4, 0.5) is 9.59 Å². The fourth-order valence-electron chi connectivity index (χ4n) is 6.34. The fourth-order valence-corrected chi connectivity index (χ4v) is 6.34. The lowest BCUT2D eigenvalue weighted by Crippen LogP contribution is -2.51. The number of hydrogen-bond donors (Lipinski definition) is 0. The molecule has 6 aliphatic rings. The third-order valence-electron chi connectivity index (χ3n) is 9.54. The van der Waals surface area contributed by atoms with E-state index >= 15 is 0 Å². The Morgan fingerprint density at radius 2 is 1.28 bits per heavy atom. The molecule has 0 aromatic carbocycles. The van der Waals surface area contributed by atoms with Crippen LogP contribution in [0.1, 0.15) is 75.2 Å². The van der Waals surface area contributed by atoms with Gasteiger partial charge in [-0.15, -0.1) is 0 Å². The smallest absolute Gasteiger partial charge is 0.463 e. The van der Waals surface area contributed by atoms with Crippen LogP contribution in [0.15, 0.2) is 0 Å². The van der Waals surface area contributed by atoms with E-state index in [1.54, 1.807) is 21.0 Å². The third kappa shape index (κ3) is 10.9. The fraction of sp³-hybridized carbons (Fsp3) is 0.886. The second-order valence-corrected chi connectivity index (χ2v) is 15.1. The molecule has 6 heterocycles. The van der Waals surface area contributed by atoms with E-state index in [-0.39, 0.29) is 57.1 Å². The third-order valence-corrected chi connectivity index (χ3v) is 9.54. The highest BCUT2D eigenvalue weighted by molar-refractivity contribution is 5.78. The summed E-state index contributed by atoms with van der Waals surface area (Å²) >= 11 is 0. The number of fused-ring (bicyclic) bond motifs is 2. The van der Waals surface area contributed by atoms with Gasteiger partial charge >= 0.3 is 24.2 Å². The topological polar surface area (TPSA) is 197 Å². The molecular formula is C35H56O18. The first kappa shape index (κ1) is 42.9. The summed E-state index contributed by atoms with van der Waals surface area (Å²) in [6.45, 7) is 17.9. The van der Waals surface area contributed by atoms with Crippen molar-refractivity contribution in [1.82, 2.24) is 0 Å². The zero-order valence-corrected chi connectivity index (χ0v) is 32.4. The molecule has 18 heteroatoms. The minimum atomic E-state index is -1.21. The predicted octanol–water partition coefficient (Wildman–Crippen LogP) is 3.39. The summed E-state index contributed by atoms with van der Waals surface area (Å²) in [6, 6.07) is 0. The monoisotopic (exact) mass is 764 g/mol. The van der Waals surface area contributed by atoms with Crippen molar-refractivity contribution < 1.29 is 85.5 Å². The van der Waals surface area contributed by atoms with Crippen LogP contribution >= 0.6 is 0 Å². The molecule has 6 fully saturated rings. The van der Waals surface area contributed by atoms with E-state index in [0.717, 1.165) is 6.42 Å². The summed E-state index contributed by atoms with van der Waals surface area (Å²) in [6.07, 6.45) is -1.27. The Morgan fingerprint density at radius 3 is 1.77 bits per heavy atom. The van der Waals surface area contributed by atoms with Crippen molar-refractivity contribution in [2.24, 2.45) is 11.8 Å². The van der Waals surface area contributed by atoms with Crippen molar-refractivity contribution in [2.75, 3.05) is 60.0 Å². The lowest BCUT2D eigenvalue weighted by atomic mass is 9.88. The van der Waals surface area contributed by atoms with Gasteiger partial charge < -0.3 is 66.3 Å². The molecule has 0 radical (unpaired) electrons. The van der Waals surface area contributed by atoms with Crippen LogP contribution < -0.4 is 0 Å². The normalized spacial score (nSPS) is 33.0. The standard InChI is InChI=1S/C20H34O9.C11H16O6.C4H6O3/c1-13-15-16(28-19(5,6)27-15)29-20(13,11-25-14(2)21)12-26-18(3,4)17(22)24-10-8-9-23-7;1-6-7-8(16-10(2,3)15-7)17-11(6)4-13-9(12)14-5-11;5-4-6-2-1-3-7-4/h13,15-16H,8-12H2,1-7H3;6-8H,4-5H2,1-3H3;1-3H2. The Bertz CT molecular complexity index is 1270. The molecule has 0 N–H and O–H groups in total. The average Bonchev–Trinajstić information content (AvgIpc) is 3.72. The van der Waals surface area contributed by atoms with E-state index < -0.39 is 65.2 Å². The second kappa shape index (κ2) is 17.3. The van der Waals surface area contributed by atoms with Crippen LogP contribution in [0.5, 0.6) is 0 Å². The highest BCUT2D eigenvalue weighted by atomic mass is 16.9. The molecule has 6 aliphatic heterocycles. The van der Waals surface area contributed by atoms with Gasteiger partial charge in [0.05, 0.1) is 26.4 Å². The number of cyclic esters (lactones) is 4. The molecule has 0 aromatic rings. The average molecular weight is 765 g/mol. The molecule has 0 amide bonds. The molecule has 304 valence electrons.